The summed E-state index contributed by atoms with van der Waals surface area (Å²) in [6, 6.07) is 3.83. The molecule has 4 nitrogen and oxygen atoms in total. The number of carbonyl (C=O) groups excluding carboxylic acids is 1. The van der Waals surface area contributed by atoms with Gasteiger partial charge in [-0.15, -0.1) is 0 Å². The van der Waals surface area contributed by atoms with Crippen molar-refractivity contribution in [2.24, 2.45) is 5.92 Å². The van der Waals surface area contributed by atoms with Crippen molar-refractivity contribution in [2.75, 3.05) is 5.32 Å². The first-order valence-corrected chi connectivity index (χ1v) is 5.54. The van der Waals surface area contributed by atoms with Crippen molar-refractivity contribution in [2.45, 2.75) is 19.5 Å². The molecule has 2 atom stereocenters. The largest absolute Gasteiger partial charge is 0.309 e. The smallest absolute Gasteiger partial charge is 0.231 e. The van der Waals surface area contributed by atoms with E-state index in [1.54, 1.807) is 6.20 Å². The van der Waals surface area contributed by atoms with Crippen LogP contribution in [0.2, 0.25) is 0 Å². The highest BCUT2D eigenvalue weighted by atomic mass is 19.1. The number of hydrogen-bond acceptors (Lipinski definition) is 2. The molecule has 5 heteroatoms. The lowest BCUT2D eigenvalue weighted by Gasteiger charge is -1.97. The van der Waals surface area contributed by atoms with Gasteiger partial charge in [0.1, 0.15) is 11.8 Å². The Bertz CT molecular complexity index is 592. The van der Waals surface area contributed by atoms with Gasteiger partial charge in [0.05, 0.1) is 12.1 Å². The van der Waals surface area contributed by atoms with Gasteiger partial charge >= 0.3 is 0 Å². The summed E-state index contributed by atoms with van der Waals surface area (Å²) in [7, 11) is 0. The normalized spacial score (nSPS) is 22.7. The Morgan fingerprint density at radius 2 is 2.29 bits per heavy atom. The summed E-state index contributed by atoms with van der Waals surface area (Å²) in [5, 5.41) is 2.63. The van der Waals surface area contributed by atoms with Crippen molar-refractivity contribution in [1.29, 1.82) is 0 Å². The molecule has 17 heavy (non-hydrogen) atoms. The number of nitrogens with one attached hydrogen (secondary N) is 1. The molecule has 1 N–H and O–H groups in total. The van der Waals surface area contributed by atoms with Gasteiger partial charge in [-0.2, -0.15) is 0 Å². The van der Waals surface area contributed by atoms with Crippen LogP contribution in [0.5, 0.6) is 0 Å². The molecule has 2 aromatic heterocycles. The molecule has 2 aromatic rings. The quantitative estimate of drug-likeness (QED) is 0.861. The molecule has 1 amide bonds. The van der Waals surface area contributed by atoms with E-state index in [1.165, 1.54) is 0 Å². The maximum Gasteiger partial charge on any atom is 0.231 e. The van der Waals surface area contributed by atoms with E-state index in [2.05, 4.69) is 10.3 Å². The van der Waals surface area contributed by atoms with Crippen LogP contribution >= 0.6 is 0 Å². The molecule has 0 saturated heterocycles. The summed E-state index contributed by atoms with van der Waals surface area (Å²) < 4.78 is 14.5. The Morgan fingerprint density at radius 3 is 3.00 bits per heavy atom. The molecule has 0 aromatic carbocycles. The lowest BCUT2D eigenvalue weighted by atomic mass is 10.3. The van der Waals surface area contributed by atoms with Crippen molar-refractivity contribution in [3.05, 3.63) is 30.1 Å². The predicted octanol–water partition coefficient (Wildman–Crippen LogP) is 1.94. The van der Waals surface area contributed by atoms with E-state index in [1.807, 2.05) is 29.7 Å². The van der Waals surface area contributed by atoms with Crippen molar-refractivity contribution < 1.29 is 9.18 Å². The molecule has 0 radical (unpaired) electrons. The molecule has 0 bridgehead atoms. The predicted molar refractivity (Wildman–Crippen MR) is 61.6 cm³/mol. The minimum Gasteiger partial charge on any atom is -0.309 e. The van der Waals surface area contributed by atoms with E-state index in [4.69, 9.17) is 0 Å². The Labute approximate surface area is 97.5 Å². The number of nitrogens with zero attached hydrogens (tertiary/aromatic N) is 2. The van der Waals surface area contributed by atoms with E-state index in [9.17, 15) is 9.18 Å². The van der Waals surface area contributed by atoms with Gasteiger partial charge in [-0.05, 0) is 25.0 Å². The van der Waals surface area contributed by atoms with E-state index in [0.717, 1.165) is 11.2 Å². The standard InChI is InChI=1S/C12H12FN3O/c1-7-2-3-11-14-10(6-16(11)5-7)15-12(17)8-4-9(8)13/h2-3,5-6,8-9H,4H2,1H3,(H,15,17)/t8-,9+/m1/s1. The second-order valence-electron chi connectivity index (χ2n) is 4.45. The van der Waals surface area contributed by atoms with E-state index < -0.39 is 12.1 Å². The van der Waals surface area contributed by atoms with Crippen LogP contribution in [-0.4, -0.2) is 21.5 Å². The van der Waals surface area contributed by atoms with Crippen LogP contribution in [-0.2, 0) is 4.79 Å². The Balaban J connectivity index is 1.83. The number of aryl methyl sites for hydroxylation is 1. The molecule has 3 rings (SSSR count). The molecule has 0 spiro atoms. The van der Waals surface area contributed by atoms with Gasteiger partial charge in [0, 0.05) is 6.20 Å². The molecular formula is C12H12FN3O. The lowest BCUT2D eigenvalue weighted by Crippen LogP contribution is -2.15. The summed E-state index contributed by atoms with van der Waals surface area (Å²) in [6.07, 6.45) is 3.01. The summed E-state index contributed by atoms with van der Waals surface area (Å²) in [4.78, 5) is 15.8. The zero-order valence-corrected chi connectivity index (χ0v) is 9.35. The molecule has 0 unspecified atom stereocenters. The second kappa shape index (κ2) is 3.55. The monoisotopic (exact) mass is 233 g/mol. The number of pyridine rings is 1. The summed E-state index contributed by atoms with van der Waals surface area (Å²) >= 11 is 0. The van der Waals surface area contributed by atoms with Gasteiger partial charge in [-0.3, -0.25) is 4.79 Å². The summed E-state index contributed by atoms with van der Waals surface area (Å²) in [6.45, 7) is 1.98. The first kappa shape index (κ1) is 10.3. The highest BCUT2D eigenvalue weighted by molar-refractivity contribution is 5.94. The zero-order chi connectivity index (χ0) is 12.0. The van der Waals surface area contributed by atoms with Gasteiger partial charge in [0.15, 0.2) is 5.82 Å². The molecular weight excluding hydrogens is 221 g/mol. The highest BCUT2D eigenvalue weighted by Gasteiger charge is 2.43. The summed E-state index contributed by atoms with van der Waals surface area (Å²) in [5.41, 5.74) is 1.87. The van der Waals surface area contributed by atoms with Crippen LogP contribution in [0.4, 0.5) is 10.2 Å². The number of hydrogen-bond donors (Lipinski definition) is 1. The van der Waals surface area contributed by atoms with E-state index >= 15 is 0 Å². The average Bonchev–Trinajstić information content (AvgIpc) is 2.87. The fourth-order valence-corrected chi connectivity index (χ4v) is 1.82. The molecule has 1 fully saturated rings. The Morgan fingerprint density at radius 1 is 1.53 bits per heavy atom. The van der Waals surface area contributed by atoms with Gasteiger partial charge in [-0.1, -0.05) is 6.07 Å². The first-order chi connectivity index (χ1) is 8.13. The number of halogens is 1. The van der Waals surface area contributed by atoms with Crippen LogP contribution < -0.4 is 5.32 Å². The minimum absolute atomic E-state index is 0.280. The number of imidazole rings is 1. The fraction of sp³-hybridized carbons (Fsp3) is 0.333. The first-order valence-electron chi connectivity index (χ1n) is 5.54. The maximum absolute atomic E-state index is 12.7. The number of amides is 1. The average molecular weight is 233 g/mol. The minimum atomic E-state index is -0.978. The highest BCUT2D eigenvalue weighted by Crippen LogP contribution is 2.34. The fourth-order valence-electron chi connectivity index (χ4n) is 1.82. The molecule has 1 aliphatic carbocycles. The van der Waals surface area contributed by atoms with Crippen molar-refractivity contribution >= 4 is 17.4 Å². The number of alkyl halides is 1. The molecule has 2 heterocycles. The Hall–Kier alpha value is -1.91. The van der Waals surface area contributed by atoms with Crippen LogP contribution in [0.3, 0.4) is 0 Å². The van der Waals surface area contributed by atoms with Crippen LogP contribution in [0.1, 0.15) is 12.0 Å². The van der Waals surface area contributed by atoms with Crippen molar-refractivity contribution in [3.63, 3.8) is 0 Å². The lowest BCUT2D eigenvalue weighted by molar-refractivity contribution is -0.117. The molecule has 1 aliphatic rings. The van der Waals surface area contributed by atoms with E-state index in [0.29, 0.717) is 12.2 Å². The van der Waals surface area contributed by atoms with Crippen molar-refractivity contribution in [1.82, 2.24) is 9.38 Å². The second-order valence-corrected chi connectivity index (χ2v) is 4.45. The van der Waals surface area contributed by atoms with Crippen LogP contribution in [0.25, 0.3) is 5.65 Å². The zero-order valence-electron chi connectivity index (χ0n) is 9.35. The number of rotatable bonds is 2. The molecule has 88 valence electrons. The molecule has 1 saturated carbocycles. The van der Waals surface area contributed by atoms with Gasteiger partial charge in [0.25, 0.3) is 0 Å². The third-order valence-electron chi connectivity index (χ3n) is 2.90. The topological polar surface area (TPSA) is 46.4 Å². The SMILES string of the molecule is Cc1ccc2nc(NC(=O)[C@@H]3C[C@@H]3F)cn2c1. The van der Waals surface area contributed by atoms with Gasteiger partial charge in [0.2, 0.25) is 5.91 Å². The number of anilines is 1. The van der Waals surface area contributed by atoms with E-state index in [-0.39, 0.29) is 5.91 Å². The number of carbonyl (C=O) groups is 1. The number of fused-ring (bicyclic) bond motifs is 1. The van der Waals surface area contributed by atoms with Gasteiger partial charge in [-0.25, -0.2) is 9.37 Å². The maximum atomic E-state index is 12.7. The van der Waals surface area contributed by atoms with Gasteiger partial charge < -0.3 is 9.72 Å². The third-order valence-corrected chi connectivity index (χ3v) is 2.90. The number of aromatic nitrogens is 2. The third kappa shape index (κ3) is 1.88. The van der Waals surface area contributed by atoms with Crippen molar-refractivity contribution in [3.8, 4) is 0 Å². The van der Waals surface area contributed by atoms with Crippen LogP contribution in [0.15, 0.2) is 24.5 Å². The molecule has 0 aliphatic heterocycles. The summed E-state index contributed by atoms with van der Waals surface area (Å²) in [5.74, 6) is -0.293. The Kier molecular flexibility index (Phi) is 2.14. The van der Waals surface area contributed by atoms with Crippen LogP contribution in [0, 0.1) is 12.8 Å².